The summed E-state index contributed by atoms with van der Waals surface area (Å²) < 4.78 is 0. The van der Waals surface area contributed by atoms with E-state index in [1.807, 2.05) is 31.2 Å². The summed E-state index contributed by atoms with van der Waals surface area (Å²) in [5.74, 6) is 0.0330. The first-order valence-corrected chi connectivity index (χ1v) is 4.16. The number of carbonyl (C=O) groups excluding carboxylic acids is 1. The zero-order valence-corrected chi connectivity index (χ0v) is 7.40. The molecule has 3 heteroatoms. The fourth-order valence-electron chi connectivity index (χ4n) is 1.33. The lowest BCUT2D eigenvalue weighted by molar-refractivity contribution is -0.115. The molecule has 0 fully saturated rings. The van der Waals surface area contributed by atoms with E-state index in [0.717, 1.165) is 11.3 Å². The van der Waals surface area contributed by atoms with Crippen LogP contribution >= 0.6 is 0 Å². The maximum absolute atomic E-state index is 11.3. The van der Waals surface area contributed by atoms with Gasteiger partial charge in [-0.1, -0.05) is 12.1 Å². The van der Waals surface area contributed by atoms with Crippen molar-refractivity contribution >= 4 is 17.9 Å². The fraction of sp³-hybridized carbons (Fsp3) is 0.200. The summed E-state index contributed by atoms with van der Waals surface area (Å²) in [6.45, 7) is 2.27. The fourth-order valence-corrected chi connectivity index (χ4v) is 1.33. The van der Waals surface area contributed by atoms with Gasteiger partial charge < -0.3 is 0 Å². The molecule has 66 valence electrons. The number of anilines is 1. The molecule has 0 N–H and O–H groups in total. The first-order valence-electron chi connectivity index (χ1n) is 4.16. The Hall–Kier alpha value is -1.64. The van der Waals surface area contributed by atoms with Gasteiger partial charge in [-0.25, -0.2) is 0 Å². The van der Waals surface area contributed by atoms with Gasteiger partial charge >= 0.3 is 0 Å². The first kappa shape index (κ1) is 7.98. The van der Waals surface area contributed by atoms with Gasteiger partial charge in [-0.15, -0.1) is 0 Å². The Morgan fingerprint density at radius 1 is 1.46 bits per heavy atom. The molecule has 1 heterocycles. The lowest BCUT2D eigenvalue weighted by atomic mass is 10.2. The smallest absolute Gasteiger partial charge is 0.253 e. The largest absolute Gasteiger partial charge is 0.272 e. The molecule has 3 nitrogen and oxygen atoms in total. The zero-order chi connectivity index (χ0) is 9.26. The quantitative estimate of drug-likeness (QED) is 0.632. The molecule has 0 spiro atoms. The predicted molar refractivity (Wildman–Crippen MR) is 52.0 cm³/mol. The van der Waals surface area contributed by atoms with Crippen molar-refractivity contribution in [2.24, 2.45) is 4.99 Å². The third-order valence-electron chi connectivity index (χ3n) is 1.97. The molecule has 0 aromatic heterocycles. The number of aliphatic imine (C=N–C) groups is 1. The maximum Gasteiger partial charge on any atom is 0.253 e. The number of nitrogens with zero attached hydrogens (tertiary/aromatic N) is 2. The van der Waals surface area contributed by atoms with Crippen LogP contribution in [0.2, 0.25) is 0 Å². The topological polar surface area (TPSA) is 32.7 Å². The van der Waals surface area contributed by atoms with Crippen LogP contribution in [0.15, 0.2) is 29.3 Å². The van der Waals surface area contributed by atoms with Crippen LogP contribution in [0.25, 0.3) is 0 Å². The highest BCUT2D eigenvalue weighted by molar-refractivity contribution is 6.12. The Labute approximate surface area is 76.7 Å². The molecule has 0 saturated carbocycles. The second-order valence-electron chi connectivity index (χ2n) is 3.06. The lowest BCUT2D eigenvalue weighted by Crippen LogP contribution is -2.25. The molecule has 0 aliphatic carbocycles. The molecular formula is C10H10N2O. The van der Waals surface area contributed by atoms with Gasteiger partial charge in [-0.2, -0.15) is 0 Å². The van der Waals surface area contributed by atoms with Crippen LogP contribution in [-0.4, -0.2) is 18.8 Å². The van der Waals surface area contributed by atoms with Crippen LogP contribution in [0, 0.1) is 6.92 Å². The molecule has 1 amide bonds. The summed E-state index contributed by atoms with van der Waals surface area (Å²) >= 11 is 0. The Balaban J connectivity index is 2.35. The van der Waals surface area contributed by atoms with Crippen molar-refractivity contribution in [3.63, 3.8) is 0 Å². The predicted octanol–water partition coefficient (Wildman–Crippen LogP) is 1.37. The molecule has 0 unspecified atom stereocenters. The Morgan fingerprint density at radius 2 is 2.31 bits per heavy atom. The third-order valence-corrected chi connectivity index (χ3v) is 1.97. The second kappa shape index (κ2) is 3.01. The van der Waals surface area contributed by atoms with Crippen molar-refractivity contribution in [1.82, 2.24) is 0 Å². The van der Waals surface area contributed by atoms with Crippen molar-refractivity contribution in [1.29, 1.82) is 0 Å². The molecule has 1 aromatic carbocycles. The average Bonchev–Trinajstić information content (AvgIpc) is 2.51. The highest BCUT2D eigenvalue weighted by atomic mass is 16.2. The molecule has 1 aliphatic rings. The monoisotopic (exact) mass is 174 g/mol. The van der Waals surface area contributed by atoms with Crippen LogP contribution in [0.4, 0.5) is 5.69 Å². The minimum atomic E-state index is 0.0330. The Bertz CT molecular complexity index is 371. The molecule has 2 rings (SSSR count). The molecule has 0 radical (unpaired) electrons. The molecule has 0 bridgehead atoms. The summed E-state index contributed by atoms with van der Waals surface area (Å²) in [5.41, 5.74) is 2.04. The van der Waals surface area contributed by atoms with Crippen molar-refractivity contribution < 1.29 is 4.79 Å². The number of amides is 1. The summed E-state index contributed by atoms with van der Waals surface area (Å²) in [4.78, 5) is 16.8. The van der Waals surface area contributed by atoms with Crippen molar-refractivity contribution in [2.45, 2.75) is 6.92 Å². The van der Waals surface area contributed by atoms with E-state index in [-0.39, 0.29) is 12.5 Å². The van der Waals surface area contributed by atoms with Gasteiger partial charge in [0, 0.05) is 0 Å². The van der Waals surface area contributed by atoms with E-state index in [0.29, 0.717) is 0 Å². The number of rotatable bonds is 1. The average molecular weight is 174 g/mol. The normalized spacial score (nSPS) is 15.5. The molecule has 13 heavy (non-hydrogen) atoms. The van der Waals surface area contributed by atoms with Crippen molar-refractivity contribution in [3.05, 3.63) is 29.8 Å². The Morgan fingerprint density at radius 3 is 2.92 bits per heavy atom. The van der Waals surface area contributed by atoms with Gasteiger partial charge in [0.1, 0.15) is 6.54 Å². The van der Waals surface area contributed by atoms with Crippen LogP contribution in [0.3, 0.4) is 0 Å². The van der Waals surface area contributed by atoms with Gasteiger partial charge in [0.05, 0.1) is 12.0 Å². The van der Waals surface area contributed by atoms with Gasteiger partial charge in [-0.05, 0) is 24.6 Å². The number of carbonyl (C=O) groups is 1. The maximum atomic E-state index is 11.3. The summed E-state index contributed by atoms with van der Waals surface area (Å²) in [6.07, 6.45) is 1.58. The van der Waals surface area contributed by atoms with Crippen LogP contribution in [0.5, 0.6) is 0 Å². The SMILES string of the molecule is Cc1cccc(N2C=NCC2=O)c1. The van der Waals surface area contributed by atoms with E-state index >= 15 is 0 Å². The van der Waals surface area contributed by atoms with Gasteiger partial charge in [-0.3, -0.25) is 14.7 Å². The van der Waals surface area contributed by atoms with Gasteiger partial charge in [0.2, 0.25) is 0 Å². The van der Waals surface area contributed by atoms with E-state index in [1.54, 1.807) is 11.2 Å². The van der Waals surface area contributed by atoms with E-state index in [2.05, 4.69) is 4.99 Å². The minimum Gasteiger partial charge on any atom is -0.272 e. The lowest BCUT2D eigenvalue weighted by Gasteiger charge is -2.11. The zero-order valence-electron chi connectivity index (χ0n) is 7.40. The van der Waals surface area contributed by atoms with E-state index in [9.17, 15) is 4.79 Å². The number of aryl methyl sites for hydroxylation is 1. The van der Waals surface area contributed by atoms with Crippen LogP contribution < -0.4 is 4.90 Å². The van der Waals surface area contributed by atoms with Crippen LogP contribution in [-0.2, 0) is 4.79 Å². The third kappa shape index (κ3) is 1.45. The van der Waals surface area contributed by atoms with Crippen molar-refractivity contribution in [2.75, 3.05) is 11.4 Å². The second-order valence-corrected chi connectivity index (χ2v) is 3.06. The minimum absolute atomic E-state index is 0.0330. The number of benzene rings is 1. The van der Waals surface area contributed by atoms with Crippen LogP contribution in [0.1, 0.15) is 5.56 Å². The molecule has 1 aromatic rings. The summed E-state index contributed by atoms with van der Waals surface area (Å²) in [6, 6.07) is 7.81. The Kier molecular flexibility index (Phi) is 1.85. The van der Waals surface area contributed by atoms with E-state index in [1.165, 1.54) is 0 Å². The molecule has 1 aliphatic heterocycles. The van der Waals surface area contributed by atoms with Gasteiger partial charge in [0.25, 0.3) is 5.91 Å². The van der Waals surface area contributed by atoms with Gasteiger partial charge in [0.15, 0.2) is 0 Å². The van der Waals surface area contributed by atoms with Crippen molar-refractivity contribution in [3.8, 4) is 0 Å². The first-order chi connectivity index (χ1) is 6.27. The highest BCUT2D eigenvalue weighted by Crippen LogP contribution is 2.16. The van der Waals surface area contributed by atoms with E-state index in [4.69, 9.17) is 0 Å². The molecule has 0 atom stereocenters. The molecular weight excluding hydrogens is 164 g/mol. The summed E-state index contributed by atoms with van der Waals surface area (Å²) in [5, 5.41) is 0. The summed E-state index contributed by atoms with van der Waals surface area (Å²) in [7, 11) is 0. The highest BCUT2D eigenvalue weighted by Gasteiger charge is 2.17. The molecule has 0 saturated heterocycles. The standard InChI is InChI=1S/C10H10N2O/c1-8-3-2-4-9(5-8)12-7-11-6-10(12)13/h2-5,7H,6H2,1H3. The number of hydrogen-bond acceptors (Lipinski definition) is 2. The number of hydrogen-bond donors (Lipinski definition) is 0. The van der Waals surface area contributed by atoms with E-state index < -0.39 is 0 Å².